The number of carbonyl (C=O) groups is 2. The highest BCUT2D eigenvalue weighted by molar-refractivity contribution is 5.80. The summed E-state index contributed by atoms with van der Waals surface area (Å²) in [5.74, 6) is 1.42. The number of benzene rings is 1. The standard InChI is InChI=1S/C24H29N3O5/c1-16(2)14-30-24(29)27-11-8-17(9-12-27)23(28)26-22(19-5-3-4-10-25-19)18-6-7-20-21(13-18)32-15-31-20/h3-7,10,13,16-17,22H,8-9,11-12,14-15H2,1-2H3,(H,26,28). The number of ether oxygens (including phenoxy) is 3. The first-order valence-corrected chi connectivity index (χ1v) is 11.0. The van der Waals surface area contributed by atoms with E-state index in [1.54, 1.807) is 11.1 Å². The summed E-state index contributed by atoms with van der Waals surface area (Å²) in [5, 5.41) is 3.16. The van der Waals surface area contributed by atoms with Gasteiger partial charge in [0.05, 0.1) is 18.3 Å². The molecule has 1 fully saturated rings. The maximum atomic E-state index is 13.2. The van der Waals surface area contributed by atoms with Crippen molar-refractivity contribution >= 4 is 12.0 Å². The fraction of sp³-hybridized carbons (Fsp3) is 0.458. The molecule has 32 heavy (non-hydrogen) atoms. The van der Waals surface area contributed by atoms with Gasteiger partial charge in [0.15, 0.2) is 11.5 Å². The molecule has 2 aliphatic rings. The summed E-state index contributed by atoms with van der Waals surface area (Å²) in [6, 6.07) is 10.9. The van der Waals surface area contributed by atoms with Crippen LogP contribution in [0, 0.1) is 11.8 Å². The lowest BCUT2D eigenvalue weighted by Gasteiger charge is -2.31. The summed E-state index contributed by atoms with van der Waals surface area (Å²) in [4.78, 5) is 31.5. The molecule has 2 aromatic rings. The van der Waals surface area contributed by atoms with E-state index in [1.807, 2.05) is 50.2 Å². The van der Waals surface area contributed by atoms with E-state index in [9.17, 15) is 9.59 Å². The largest absolute Gasteiger partial charge is 0.454 e. The number of likely N-dealkylation sites (tertiary alicyclic amines) is 1. The first kappa shape index (κ1) is 21.9. The van der Waals surface area contributed by atoms with Gasteiger partial charge in [0.1, 0.15) is 0 Å². The Labute approximate surface area is 187 Å². The molecule has 8 heteroatoms. The summed E-state index contributed by atoms with van der Waals surface area (Å²) in [6.45, 7) is 5.61. The quantitative estimate of drug-likeness (QED) is 0.741. The van der Waals surface area contributed by atoms with Crippen LogP contribution >= 0.6 is 0 Å². The van der Waals surface area contributed by atoms with Crippen molar-refractivity contribution in [3.63, 3.8) is 0 Å². The summed E-state index contributed by atoms with van der Waals surface area (Å²) in [5.41, 5.74) is 1.62. The van der Waals surface area contributed by atoms with Crippen molar-refractivity contribution in [3.05, 3.63) is 53.9 Å². The second kappa shape index (κ2) is 9.89. The van der Waals surface area contributed by atoms with Gasteiger partial charge in [-0.15, -0.1) is 0 Å². The number of carbonyl (C=O) groups excluding carboxylic acids is 2. The monoisotopic (exact) mass is 439 g/mol. The molecule has 2 amide bonds. The predicted octanol–water partition coefficient (Wildman–Crippen LogP) is 3.52. The Hall–Kier alpha value is -3.29. The molecule has 0 spiro atoms. The Balaban J connectivity index is 1.42. The Bertz CT molecular complexity index is 942. The van der Waals surface area contributed by atoms with Crippen molar-refractivity contribution in [2.24, 2.45) is 11.8 Å². The van der Waals surface area contributed by atoms with Crippen LogP contribution in [0.25, 0.3) is 0 Å². The van der Waals surface area contributed by atoms with Gasteiger partial charge < -0.3 is 24.4 Å². The van der Waals surface area contributed by atoms with Crippen LogP contribution in [0.5, 0.6) is 11.5 Å². The van der Waals surface area contributed by atoms with E-state index < -0.39 is 6.04 Å². The Morgan fingerprint density at radius 1 is 1.16 bits per heavy atom. The first-order valence-electron chi connectivity index (χ1n) is 11.0. The number of hydrogen-bond acceptors (Lipinski definition) is 6. The van der Waals surface area contributed by atoms with Gasteiger partial charge in [0.2, 0.25) is 12.7 Å². The lowest BCUT2D eigenvalue weighted by Crippen LogP contribution is -2.44. The van der Waals surface area contributed by atoms with Gasteiger partial charge in [0, 0.05) is 25.2 Å². The first-order chi connectivity index (χ1) is 15.5. The summed E-state index contributed by atoms with van der Waals surface area (Å²) < 4.78 is 16.2. The van der Waals surface area contributed by atoms with Gasteiger partial charge in [-0.25, -0.2) is 4.79 Å². The van der Waals surface area contributed by atoms with E-state index in [0.717, 1.165) is 11.3 Å². The lowest BCUT2D eigenvalue weighted by atomic mass is 9.94. The van der Waals surface area contributed by atoms with Crippen LogP contribution in [-0.4, -0.2) is 48.4 Å². The number of aromatic nitrogens is 1. The summed E-state index contributed by atoms with van der Waals surface area (Å²) >= 11 is 0. The topological polar surface area (TPSA) is 90.0 Å². The van der Waals surface area contributed by atoms with E-state index in [2.05, 4.69) is 10.3 Å². The van der Waals surface area contributed by atoms with Gasteiger partial charge in [-0.2, -0.15) is 0 Å². The number of nitrogens with one attached hydrogen (secondary N) is 1. The number of nitrogens with zero attached hydrogens (tertiary/aromatic N) is 2. The number of rotatable bonds is 6. The van der Waals surface area contributed by atoms with Crippen molar-refractivity contribution in [2.75, 3.05) is 26.5 Å². The number of fused-ring (bicyclic) bond motifs is 1. The van der Waals surface area contributed by atoms with Crippen LogP contribution < -0.4 is 14.8 Å². The zero-order chi connectivity index (χ0) is 22.5. The van der Waals surface area contributed by atoms with E-state index in [0.29, 0.717) is 50.0 Å². The lowest BCUT2D eigenvalue weighted by molar-refractivity contribution is -0.126. The smallest absolute Gasteiger partial charge is 0.409 e. The molecule has 0 radical (unpaired) electrons. The van der Waals surface area contributed by atoms with Crippen LogP contribution in [0.2, 0.25) is 0 Å². The van der Waals surface area contributed by atoms with Crippen LogP contribution in [-0.2, 0) is 9.53 Å². The Morgan fingerprint density at radius 3 is 2.66 bits per heavy atom. The molecular weight excluding hydrogens is 410 g/mol. The molecule has 2 aliphatic heterocycles. The third-order valence-corrected chi connectivity index (χ3v) is 5.66. The number of amides is 2. The molecule has 0 bridgehead atoms. The minimum absolute atomic E-state index is 0.0477. The second-order valence-electron chi connectivity index (χ2n) is 8.54. The number of hydrogen-bond donors (Lipinski definition) is 1. The molecule has 1 aromatic carbocycles. The average Bonchev–Trinajstić information content (AvgIpc) is 3.29. The Kier molecular flexibility index (Phi) is 6.78. The van der Waals surface area contributed by atoms with Crippen molar-refractivity contribution in [1.82, 2.24) is 15.2 Å². The Morgan fingerprint density at radius 2 is 1.94 bits per heavy atom. The highest BCUT2D eigenvalue weighted by Gasteiger charge is 2.30. The third-order valence-electron chi connectivity index (χ3n) is 5.66. The zero-order valence-electron chi connectivity index (χ0n) is 18.5. The third kappa shape index (κ3) is 5.12. The molecule has 0 aliphatic carbocycles. The molecule has 3 heterocycles. The van der Waals surface area contributed by atoms with E-state index >= 15 is 0 Å². The molecule has 4 rings (SSSR count). The maximum absolute atomic E-state index is 13.2. The molecule has 1 N–H and O–H groups in total. The van der Waals surface area contributed by atoms with Crippen molar-refractivity contribution in [2.45, 2.75) is 32.7 Å². The van der Waals surface area contributed by atoms with Crippen molar-refractivity contribution in [1.29, 1.82) is 0 Å². The van der Waals surface area contributed by atoms with Crippen LogP contribution in [0.1, 0.15) is 44.0 Å². The maximum Gasteiger partial charge on any atom is 0.409 e. The van der Waals surface area contributed by atoms with E-state index in [1.165, 1.54) is 0 Å². The highest BCUT2D eigenvalue weighted by atomic mass is 16.7. The molecule has 8 nitrogen and oxygen atoms in total. The van der Waals surface area contributed by atoms with Crippen LogP contribution in [0.4, 0.5) is 4.79 Å². The van der Waals surface area contributed by atoms with Gasteiger partial charge >= 0.3 is 6.09 Å². The van der Waals surface area contributed by atoms with Crippen molar-refractivity contribution in [3.8, 4) is 11.5 Å². The molecule has 170 valence electrons. The fourth-order valence-corrected chi connectivity index (χ4v) is 3.88. The molecule has 1 unspecified atom stereocenters. The zero-order valence-corrected chi connectivity index (χ0v) is 18.5. The molecule has 1 aromatic heterocycles. The normalized spacial score (nSPS) is 16.7. The summed E-state index contributed by atoms with van der Waals surface area (Å²) in [7, 11) is 0. The molecule has 0 saturated carbocycles. The second-order valence-corrected chi connectivity index (χ2v) is 8.54. The van der Waals surface area contributed by atoms with E-state index in [4.69, 9.17) is 14.2 Å². The average molecular weight is 440 g/mol. The minimum Gasteiger partial charge on any atom is -0.454 e. The molecule has 1 atom stereocenters. The van der Waals surface area contributed by atoms with Gasteiger partial charge in [-0.1, -0.05) is 26.0 Å². The molecule has 1 saturated heterocycles. The highest BCUT2D eigenvalue weighted by Crippen LogP contribution is 2.35. The van der Waals surface area contributed by atoms with Gasteiger partial charge in [-0.3, -0.25) is 9.78 Å². The molecular formula is C24H29N3O5. The predicted molar refractivity (Wildman–Crippen MR) is 117 cm³/mol. The van der Waals surface area contributed by atoms with Crippen LogP contribution in [0.15, 0.2) is 42.6 Å². The van der Waals surface area contributed by atoms with Gasteiger partial charge in [-0.05, 0) is 48.6 Å². The SMILES string of the molecule is CC(C)COC(=O)N1CCC(C(=O)NC(c2ccc3c(c2)OCO3)c2ccccn2)CC1. The van der Waals surface area contributed by atoms with Crippen molar-refractivity contribution < 1.29 is 23.8 Å². The number of pyridine rings is 1. The van der Waals surface area contributed by atoms with E-state index in [-0.39, 0.29) is 24.7 Å². The van der Waals surface area contributed by atoms with Crippen LogP contribution in [0.3, 0.4) is 0 Å². The fourth-order valence-electron chi connectivity index (χ4n) is 3.88. The minimum atomic E-state index is -0.410. The van der Waals surface area contributed by atoms with Gasteiger partial charge in [0.25, 0.3) is 0 Å². The number of piperidine rings is 1. The summed E-state index contributed by atoms with van der Waals surface area (Å²) in [6.07, 6.45) is 2.60.